The first-order valence-corrected chi connectivity index (χ1v) is 12.2. The average Bonchev–Trinajstić information content (AvgIpc) is 3.18. The summed E-state index contributed by atoms with van der Waals surface area (Å²) < 4.78 is 37.0. The number of hydrogen-bond donors (Lipinski definition) is 0. The topological polar surface area (TPSA) is 64.1 Å². The van der Waals surface area contributed by atoms with Gasteiger partial charge in [0.2, 0.25) is 5.78 Å². The fraction of sp³-hybridized carbons (Fsp3) is 0.0435. The lowest BCUT2D eigenvalue weighted by Crippen LogP contribution is -2.00. The number of sulfone groups is 1. The van der Waals surface area contributed by atoms with Gasteiger partial charge in [-0.3, -0.25) is 4.79 Å². The normalized spacial score (nSPS) is 11.5. The van der Waals surface area contributed by atoms with E-state index in [4.69, 9.17) is 11.6 Å². The van der Waals surface area contributed by atoms with Gasteiger partial charge in [-0.2, -0.15) is 0 Å². The zero-order chi connectivity index (χ0) is 22.2. The van der Waals surface area contributed by atoms with Crippen molar-refractivity contribution >= 4 is 38.6 Å². The van der Waals surface area contributed by atoms with Crippen molar-refractivity contribution in [3.05, 3.63) is 94.2 Å². The van der Waals surface area contributed by atoms with E-state index in [-0.39, 0.29) is 21.5 Å². The van der Waals surface area contributed by atoms with Crippen LogP contribution in [0.2, 0.25) is 5.02 Å². The minimum absolute atomic E-state index is 0.185. The van der Waals surface area contributed by atoms with Crippen molar-refractivity contribution in [3.8, 4) is 21.7 Å². The van der Waals surface area contributed by atoms with Crippen LogP contribution in [0.1, 0.15) is 15.4 Å². The Morgan fingerprint density at radius 3 is 2.23 bits per heavy atom. The second-order valence-electron chi connectivity index (χ2n) is 6.84. The second-order valence-corrected chi connectivity index (χ2v) is 10.3. The van der Waals surface area contributed by atoms with Crippen molar-refractivity contribution in [2.45, 2.75) is 4.90 Å². The van der Waals surface area contributed by atoms with Gasteiger partial charge in [0.05, 0.1) is 15.5 Å². The highest BCUT2D eigenvalue weighted by molar-refractivity contribution is 7.90. The SMILES string of the molecule is CS(=O)(=O)c1ccc(-c2nc(C(=O)c3cccc(Cl)c3)sc2-c2ccc(F)cc2)cc1. The summed E-state index contributed by atoms with van der Waals surface area (Å²) in [6.07, 6.45) is 1.14. The molecule has 0 aliphatic carbocycles. The molecule has 0 bridgehead atoms. The zero-order valence-electron chi connectivity index (χ0n) is 16.2. The molecule has 0 aliphatic heterocycles. The summed E-state index contributed by atoms with van der Waals surface area (Å²) in [5.41, 5.74) is 2.27. The number of halogens is 2. The number of aromatic nitrogens is 1. The Bertz CT molecular complexity index is 1380. The fourth-order valence-corrected chi connectivity index (χ4v) is 4.90. The molecule has 0 atom stereocenters. The van der Waals surface area contributed by atoms with Gasteiger partial charge in [0.15, 0.2) is 14.8 Å². The van der Waals surface area contributed by atoms with Gasteiger partial charge in [-0.15, -0.1) is 11.3 Å². The average molecular weight is 472 g/mol. The monoisotopic (exact) mass is 471 g/mol. The number of carbonyl (C=O) groups excluding carboxylic acids is 1. The number of ketones is 1. The molecule has 156 valence electrons. The van der Waals surface area contributed by atoms with Gasteiger partial charge in [0.25, 0.3) is 0 Å². The van der Waals surface area contributed by atoms with Gasteiger partial charge in [0, 0.05) is 22.4 Å². The van der Waals surface area contributed by atoms with E-state index in [0.29, 0.717) is 32.3 Å². The predicted octanol–water partition coefficient (Wildman–Crippen LogP) is 5.90. The molecule has 0 saturated carbocycles. The maximum atomic E-state index is 13.4. The number of thiazole rings is 1. The quantitative estimate of drug-likeness (QED) is 0.340. The van der Waals surface area contributed by atoms with Crippen LogP contribution in [0.4, 0.5) is 4.39 Å². The summed E-state index contributed by atoms with van der Waals surface area (Å²) in [5, 5.41) is 0.696. The Morgan fingerprint density at radius 1 is 0.968 bits per heavy atom. The molecule has 4 nitrogen and oxygen atoms in total. The van der Waals surface area contributed by atoms with Crippen LogP contribution in [0, 0.1) is 5.82 Å². The molecule has 0 radical (unpaired) electrons. The Labute approximate surface area is 187 Å². The van der Waals surface area contributed by atoms with Gasteiger partial charge in [-0.25, -0.2) is 17.8 Å². The van der Waals surface area contributed by atoms with Crippen LogP contribution in [-0.2, 0) is 9.84 Å². The minimum atomic E-state index is -3.34. The summed E-state index contributed by atoms with van der Waals surface area (Å²) in [5.74, 6) is -0.655. The van der Waals surface area contributed by atoms with Crippen LogP contribution in [0.5, 0.6) is 0 Å². The summed E-state index contributed by atoms with van der Waals surface area (Å²) in [7, 11) is -3.34. The van der Waals surface area contributed by atoms with E-state index >= 15 is 0 Å². The lowest BCUT2D eigenvalue weighted by atomic mass is 10.1. The van der Waals surface area contributed by atoms with Crippen molar-refractivity contribution in [2.75, 3.05) is 6.26 Å². The number of carbonyl (C=O) groups is 1. The molecule has 0 fully saturated rings. The smallest absolute Gasteiger partial charge is 0.221 e. The lowest BCUT2D eigenvalue weighted by molar-refractivity contribution is 0.103. The minimum Gasteiger partial charge on any atom is -0.286 e. The molecule has 0 aliphatic rings. The Balaban J connectivity index is 1.84. The third-order valence-corrected chi connectivity index (χ3v) is 7.04. The predicted molar refractivity (Wildman–Crippen MR) is 121 cm³/mol. The van der Waals surface area contributed by atoms with Gasteiger partial charge in [0.1, 0.15) is 5.82 Å². The van der Waals surface area contributed by atoms with Crippen molar-refractivity contribution < 1.29 is 17.6 Å². The number of benzene rings is 3. The Morgan fingerprint density at radius 2 is 1.61 bits per heavy atom. The highest BCUT2D eigenvalue weighted by atomic mass is 35.5. The number of hydrogen-bond acceptors (Lipinski definition) is 5. The van der Waals surface area contributed by atoms with E-state index in [2.05, 4.69) is 4.98 Å². The molecule has 8 heteroatoms. The largest absolute Gasteiger partial charge is 0.286 e. The van der Waals surface area contributed by atoms with E-state index in [1.165, 1.54) is 35.6 Å². The van der Waals surface area contributed by atoms with Gasteiger partial charge in [-0.05, 0) is 42.0 Å². The van der Waals surface area contributed by atoms with E-state index in [1.807, 2.05) is 0 Å². The first kappa shape index (κ1) is 21.4. The summed E-state index contributed by atoms with van der Waals surface area (Å²) in [6, 6.07) is 18.8. The van der Waals surface area contributed by atoms with Gasteiger partial charge in [-0.1, -0.05) is 48.0 Å². The van der Waals surface area contributed by atoms with E-state index < -0.39 is 9.84 Å². The molecular formula is C23H15ClFNO3S2. The van der Waals surface area contributed by atoms with E-state index in [0.717, 1.165) is 6.26 Å². The highest BCUT2D eigenvalue weighted by Gasteiger charge is 2.21. The Kier molecular flexibility index (Phi) is 5.75. The molecule has 4 rings (SSSR count). The lowest BCUT2D eigenvalue weighted by Gasteiger charge is -2.04. The number of nitrogens with zero attached hydrogens (tertiary/aromatic N) is 1. The van der Waals surface area contributed by atoms with E-state index in [1.54, 1.807) is 48.5 Å². The first-order valence-electron chi connectivity index (χ1n) is 9.10. The Hall–Kier alpha value is -2.87. The fourth-order valence-electron chi connectivity index (χ4n) is 3.02. The van der Waals surface area contributed by atoms with Crippen LogP contribution in [0.3, 0.4) is 0 Å². The standard InChI is InChI=1S/C23H15ClFNO3S2/c1-31(28,29)19-11-7-14(8-12-19)20-22(15-5-9-18(25)10-6-15)30-23(26-20)21(27)16-3-2-4-17(24)13-16/h2-13H,1H3. The zero-order valence-corrected chi connectivity index (χ0v) is 18.6. The summed E-state index contributed by atoms with van der Waals surface area (Å²) >= 11 is 7.20. The first-order chi connectivity index (χ1) is 14.7. The maximum Gasteiger partial charge on any atom is 0.221 e. The summed E-state index contributed by atoms with van der Waals surface area (Å²) in [6.45, 7) is 0. The third-order valence-electron chi connectivity index (χ3n) is 4.57. The number of rotatable bonds is 5. The molecule has 31 heavy (non-hydrogen) atoms. The van der Waals surface area contributed by atoms with Gasteiger partial charge >= 0.3 is 0 Å². The molecule has 3 aromatic carbocycles. The molecule has 0 unspecified atom stereocenters. The second kappa shape index (κ2) is 8.34. The molecule has 0 spiro atoms. The highest BCUT2D eigenvalue weighted by Crippen LogP contribution is 2.38. The van der Waals surface area contributed by atoms with Crippen molar-refractivity contribution in [3.63, 3.8) is 0 Å². The van der Waals surface area contributed by atoms with Crippen molar-refractivity contribution in [1.29, 1.82) is 0 Å². The van der Waals surface area contributed by atoms with Crippen LogP contribution >= 0.6 is 22.9 Å². The van der Waals surface area contributed by atoms with Gasteiger partial charge < -0.3 is 0 Å². The van der Waals surface area contributed by atoms with E-state index in [9.17, 15) is 17.6 Å². The van der Waals surface area contributed by atoms with Crippen molar-refractivity contribution in [2.24, 2.45) is 0 Å². The van der Waals surface area contributed by atoms with Crippen LogP contribution in [-0.4, -0.2) is 25.4 Å². The molecule has 1 heterocycles. The van der Waals surface area contributed by atoms with Crippen LogP contribution in [0.15, 0.2) is 77.7 Å². The van der Waals surface area contributed by atoms with Crippen LogP contribution < -0.4 is 0 Å². The molecule has 0 amide bonds. The van der Waals surface area contributed by atoms with Crippen LogP contribution in [0.25, 0.3) is 21.7 Å². The summed E-state index contributed by atoms with van der Waals surface area (Å²) in [4.78, 5) is 18.4. The third kappa shape index (κ3) is 4.58. The maximum absolute atomic E-state index is 13.4. The molecule has 4 aromatic rings. The molecule has 0 saturated heterocycles. The van der Waals surface area contributed by atoms with Crippen molar-refractivity contribution in [1.82, 2.24) is 4.98 Å². The molecular weight excluding hydrogens is 457 g/mol. The molecule has 1 aromatic heterocycles. The molecule has 0 N–H and O–H groups in total.